The number of benzene rings is 1. The van der Waals surface area contributed by atoms with Crippen molar-refractivity contribution in [1.82, 2.24) is 20.3 Å². The molecule has 0 radical (unpaired) electrons. The quantitative estimate of drug-likeness (QED) is 0.544. The number of pyridine rings is 1. The molecule has 3 heterocycles. The van der Waals surface area contributed by atoms with Crippen LogP contribution in [-0.4, -0.2) is 50.8 Å². The Morgan fingerprint density at radius 1 is 1.15 bits per heavy atom. The first-order chi connectivity index (χ1) is 16.0. The fourth-order valence-corrected chi connectivity index (χ4v) is 4.32. The summed E-state index contributed by atoms with van der Waals surface area (Å²) in [4.78, 5) is 26.2. The molecular weight excluding hydrogens is 422 g/mol. The molecule has 1 amide bonds. The molecule has 5 rings (SSSR count). The summed E-state index contributed by atoms with van der Waals surface area (Å²) in [5, 5.41) is 17.4. The number of aryl methyl sites for hydroxylation is 1. The number of aliphatic hydroxyl groups is 1. The first-order valence-corrected chi connectivity index (χ1v) is 11.2. The van der Waals surface area contributed by atoms with E-state index in [1.54, 1.807) is 18.5 Å². The van der Waals surface area contributed by atoms with Crippen molar-refractivity contribution in [3.8, 4) is 11.5 Å². The first-order valence-electron chi connectivity index (χ1n) is 11.2. The lowest BCUT2D eigenvalue weighted by Crippen LogP contribution is -2.48. The minimum Gasteiger partial charge on any atom is -0.486 e. The van der Waals surface area contributed by atoms with E-state index in [-0.39, 0.29) is 6.04 Å². The van der Waals surface area contributed by atoms with E-state index in [0.29, 0.717) is 67.9 Å². The van der Waals surface area contributed by atoms with Crippen LogP contribution in [0.15, 0.2) is 36.7 Å². The molecule has 2 aliphatic rings. The second-order valence-electron chi connectivity index (χ2n) is 8.64. The van der Waals surface area contributed by atoms with Gasteiger partial charge in [0.15, 0.2) is 11.5 Å². The third-order valence-corrected chi connectivity index (χ3v) is 6.24. The average Bonchev–Trinajstić information content (AvgIpc) is 2.84. The van der Waals surface area contributed by atoms with Gasteiger partial charge in [0, 0.05) is 24.8 Å². The highest BCUT2D eigenvalue weighted by molar-refractivity contribution is 6.02. The Kier molecular flexibility index (Phi) is 5.82. The molecule has 0 spiro atoms. The molecule has 1 aliphatic heterocycles. The van der Waals surface area contributed by atoms with Crippen LogP contribution in [0, 0.1) is 6.92 Å². The molecule has 1 saturated carbocycles. The minimum absolute atomic E-state index is 0.194. The number of amides is 1. The average molecular weight is 450 g/mol. The van der Waals surface area contributed by atoms with Gasteiger partial charge in [-0.15, -0.1) is 0 Å². The molecule has 0 unspecified atom stereocenters. The maximum Gasteiger partial charge on any atom is 0.256 e. The molecular formula is C24H27N5O4. The van der Waals surface area contributed by atoms with Gasteiger partial charge in [-0.25, -0.2) is 4.98 Å². The second-order valence-corrected chi connectivity index (χ2v) is 8.64. The third-order valence-electron chi connectivity index (χ3n) is 6.24. The van der Waals surface area contributed by atoms with Crippen molar-refractivity contribution < 1.29 is 19.4 Å². The zero-order valence-electron chi connectivity index (χ0n) is 18.5. The van der Waals surface area contributed by atoms with E-state index >= 15 is 0 Å². The lowest BCUT2D eigenvalue weighted by molar-refractivity contribution is -0.137. The lowest BCUT2D eigenvalue weighted by atomic mass is 9.81. The summed E-state index contributed by atoms with van der Waals surface area (Å²) in [6, 6.07) is 7.53. The maximum absolute atomic E-state index is 13.0. The highest BCUT2D eigenvalue weighted by Crippen LogP contribution is 2.32. The summed E-state index contributed by atoms with van der Waals surface area (Å²) >= 11 is 0. The van der Waals surface area contributed by atoms with E-state index in [0.717, 1.165) is 17.1 Å². The highest BCUT2D eigenvalue weighted by Gasteiger charge is 2.40. The number of fused-ring (bicyclic) bond motifs is 2. The van der Waals surface area contributed by atoms with E-state index in [2.05, 4.69) is 25.6 Å². The normalized spacial score (nSPS) is 22.2. The highest BCUT2D eigenvalue weighted by atomic mass is 16.6. The Balaban J connectivity index is 1.18. The van der Waals surface area contributed by atoms with Crippen molar-refractivity contribution in [2.45, 2.75) is 50.8 Å². The van der Waals surface area contributed by atoms with Gasteiger partial charge in [0.05, 0.1) is 28.8 Å². The Labute approximate surface area is 191 Å². The fraction of sp³-hybridized carbons (Fsp3) is 0.417. The number of nitrogens with zero attached hydrogens (tertiary/aromatic N) is 3. The molecule has 3 aromatic rings. The van der Waals surface area contributed by atoms with Crippen LogP contribution in [-0.2, 0) is 11.3 Å². The predicted molar refractivity (Wildman–Crippen MR) is 122 cm³/mol. The van der Waals surface area contributed by atoms with E-state index in [1.165, 1.54) is 0 Å². The zero-order chi connectivity index (χ0) is 22.8. The minimum atomic E-state index is -1.41. The molecule has 0 saturated heterocycles. The number of hydrogen-bond acceptors (Lipinski definition) is 8. The van der Waals surface area contributed by atoms with Crippen molar-refractivity contribution in [3.05, 3.63) is 48.0 Å². The predicted octanol–water partition coefficient (Wildman–Crippen LogP) is 2.51. The number of carbonyl (C=O) groups is 1. The van der Waals surface area contributed by atoms with Crippen molar-refractivity contribution in [3.63, 3.8) is 0 Å². The van der Waals surface area contributed by atoms with Crippen LogP contribution in [0.25, 0.3) is 11.0 Å². The summed E-state index contributed by atoms with van der Waals surface area (Å²) in [5.41, 5.74) is 2.11. The van der Waals surface area contributed by atoms with Gasteiger partial charge in [0.2, 0.25) is 0 Å². The van der Waals surface area contributed by atoms with E-state index in [4.69, 9.17) is 9.47 Å². The Hall–Kier alpha value is -3.30. The standard InChI is InChI=1S/C24H27N5O4/c1-15-12-27-18-3-2-4-19(22(18)28-15)29-23(30)24(31)7-5-16(6-8-24)25-13-17-11-20-21(14-26-17)33-10-9-32-20/h2-4,11-12,14,16,25,31H,5-10,13H2,1H3,(H,29,30)/t16-,24-. The van der Waals surface area contributed by atoms with Gasteiger partial charge in [-0.2, -0.15) is 0 Å². The molecule has 9 nitrogen and oxygen atoms in total. The molecule has 33 heavy (non-hydrogen) atoms. The second kappa shape index (κ2) is 8.92. The molecule has 1 aliphatic carbocycles. The van der Waals surface area contributed by atoms with Crippen molar-refractivity contribution in [2.24, 2.45) is 0 Å². The number of aromatic nitrogens is 3. The van der Waals surface area contributed by atoms with Crippen LogP contribution in [0.5, 0.6) is 11.5 Å². The van der Waals surface area contributed by atoms with E-state index in [1.807, 2.05) is 25.1 Å². The largest absolute Gasteiger partial charge is 0.486 e. The van der Waals surface area contributed by atoms with Crippen LogP contribution in [0.3, 0.4) is 0 Å². The lowest BCUT2D eigenvalue weighted by Gasteiger charge is -2.35. The van der Waals surface area contributed by atoms with Gasteiger partial charge in [0.1, 0.15) is 24.3 Å². The number of para-hydroxylation sites is 1. The molecule has 1 aromatic carbocycles. The van der Waals surface area contributed by atoms with Crippen LogP contribution >= 0.6 is 0 Å². The van der Waals surface area contributed by atoms with Crippen molar-refractivity contribution >= 4 is 22.6 Å². The summed E-state index contributed by atoms with van der Waals surface area (Å²) < 4.78 is 11.1. The topological polar surface area (TPSA) is 118 Å². The van der Waals surface area contributed by atoms with E-state index < -0.39 is 11.5 Å². The summed E-state index contributed by atoms with van der Waals surface area (Å²) in [7, 11) is 0. The zero-order valence-corrected chi connectivity index (χ0v) is 18.5. The maximum atomic E-state index is 13.0. The van der Waals surface area contributed by atoms with Crippen molar-refractivity contribution in [1.29, 1.82) is 0 Å². The number of rotatable bonds is 5. The Bertz CT molecular complexity index is 1180. The van der Waals surface area contributed by atoms with E-state index in [9.17, 15) is 9.90 Å². The first kappa shape index (κ1) is 21.5. The smallest absolute Gasteiger partial charge is 0.256 e. The van der Waals surface area contributed by atoms with Crippen LogP contribution in [0.1, 0.15) is 37.1 Å². The molecule has 0 bridgehead atoms. The SMILES string of the molecule is Cc1cnc2cccc(NC(=O)[C@]3(O)CC[C@H](NCc4cc5c(cn4)OCCO5)CC3)c2n1. The van der Waals surface area contributed by atoms with Gasteiger partial charge in [-0.05, 0) is 44.7 Å². The van der Waals surface area contributed by atoms with Gasteiger partial charge in [-0.3, -0.25) is 14.8 Å². The number of ether oxygens (including phenoxy) is 2. The Morgan fingerprint density at radius 2 is 1.94 bits per heavy atom. The van der Waals surface area contributed by atoms with Gasteiger partial charge >= 0.3 is 0 Å². The van der Waals surface area contributed by atoms with Gasteiger partial charge < -0.3 is 25.2 Å². The molecule has 2 aromatic heterocycles. The third kappa shape index (κ3) is 4.60. The summed E-state index contributed by atoms with van der Waals surface area (Å²) in [6.07, 6.45) is 5.50. The fourth-order valence-electron chi connectivity index (χ4n) is 4.32. The van der Waals surface area contributed by atoms with Crippen LogP contribution in [0.2, 0.25) is 0 Å². The summed E-state index contributed by atoms with van der Waals surface area (Å²) in [5.74, 6) is 0.993. The number of carbonyl (C=O) groups excluding carboxylic acids is 1. The van der Waals surface area contributed by atoms with Crippen LogP contribution in [0.4, 0.5) is 5.69 Å². The molecule has 3 N–H and O–H groups in total. The van der Waals surface area contributed by atoms with Gasteiger partial charge in [0.25, 0.3) is 5.91 Å². The number of nitrogens with one attached hydrogen (secondary N) is 2. The van der Waals surface area contributed by atoms with Gasteiger partial charge in [-0.1, -0.05) is 6.07 Å². The van der Waals surface area contributed by atoms with Crippen LogP contribution < -0.4 is 20.1 Å². The molecule has 172 valence electrons. The number of anilines is 1. The molecule has 0 atom stereocenters. The molecule has 1 fully saturated rings. The number of hydrogen-bond donors (Lipinski definition) is 3. The Morgan fingerprint density at radius 3 is 2.76 bits per heavy atom. The summed E-state index contributed by atoms with van der Waals surface area (Å²) in [6.45, 7) is 3.52. The van der Waals surface area contributed by atoms with Crippen molar-refractivity contribution in [2.75, 3.05) is 18.5 Å². The monoisotopic (exact) mass is 449 g/mol. The molecule has 9 heteroatoms.